The van der Waals surface area contributed by atoms with Crippen LogP contribution in [0.4, 0.5) is 4.39 Å². The van der Waals surface area contributed by atoms with E-state index in [4.69, 9.17) is 0 Å². The summed E-state index contributed by atoms with van der Waals surface area (Å²) in [5.41, 5.74) is 0.665. The summed E-state index contributed by atoms with van der Waals surface area (Å²) in [5, 5.41) is 9.64. The van der Waals surface area contributed by atoms with Crippen molar-refractivity contribution in [1.29, 1.82) is 5.26 Å². The van der Waals surface area contributed by atoms with Crippen LogP contribution in [-0.2, 0) is 6.54 Å². The molecule has 1 aromatic heterocycles. The predicted octanol–water partition coefficient (Wildman–Crippen LogP) is 2.72. The lowest BCUT2D eigenvalue weighted by Gasteiger charge is -2.26. The zero-order valence-corrected chi connectivity index (χ0v) is 15.3. The summed E-state index contributed by atoms with van der Waals surface area (Å²) in [5.74, 6) is 1.80. The minimum atomic E-state index is -0.507. The quantitative estimate of drug-likeness (QED) is 0.653. The highest BCUT2D eigenvalue weighted by Crippen LogP contribution is 2.24. The zero-order chi connectivity index (χ0) is 17.8. The second-order valence-electron chi connectivity index (χ2n) is 5.61. The van der Waals surface area contributed by atoms with Crippen LogP contribution in [0, 0.1) is 17.1 Å². The van der Waals surface area contributed by atoms with Gasteiger partial charge in [0.2, 0.25) is 0 Å². The summed E-state index contributed by atoms with van der Waals surface area (Å²) in [6.07, 6.45) is 1.77. The summed E-state index contributed by atoms with van der Waals surface area (Å²) in [7, 11) is 0. The summed E-state index contributed by atoms with van der Waals surface area (Å²) < 4.78 is 14.6. The molecule has 1 saturated heterocycles. The molecule has 2 heterocycles. The number of aromatic nitrogens is 2. The first-order valence-electron chi connectivity index (χ1n) is 7.79. The van der Waals surface area contributed by atoms with Crippen molar-refractivity contribution in [2.45, 2.75) is 11.7 Å². The average molecular weight is 376 g/mol. The number of hydrogen-bond acceptors (Lipinski definition) is 6. The van der Waals surface area contributed by atoms with Gasteiger partial charge in [0, 0.05) is 42.3 Å². The van der Waals surface area contributed by atoms with E-state index in [1.54, 1.807) is 18.4 Å². The molecule has 1 fully saturated rings. The normalized spacial score (nSPS) is 15.1. The van der Waals surface area contributed by atoms with Gasteiger partial charge in [0.1, 0.15) is 17.4 Å². The molecule has 25 heavy (non-hydrogen) atoms. The molecule has 5 nitrogen and oxygen atoms in total. The van der Waals surface area contributed by atoms with Crippen molar-refractivity contribution in [3.63, 3.8) is 0 Å². The smallest absolute Gasteiger partial charge is 0.270 e. The fourth-order valence-electron chi connectivity index (χ4n) is 2.68. The van der Waals surface area contributed by atoms with Gasteiger partial charge in [-0.15, -0.1) is 0 Å². The molecule has 0 atom stereocenters. The third-order valence-corrected chi connectivity index (χ3v) is 5.55. The maximum absolute atomic E-state index is 14.6. The van der Waals surface area contributed by atoms with Crippen LogP contribution < -0.4 is 5.56 Å². The van der Waals surface area contributed by atoms with Gasteiger partial charge in [0.15, 0.2) is 5.16 Å². The van der Waals surface area contributed by atoms with Crippen LogP contribution >= 0.6 is 23.5 Å². The minimum Gasteiger partial charge on any atom is -0.300 e. The lowest BCUT2D eigenvalue weighted by molar-refractivity contribution is 0.290. The summed E-state index contributed by atoms with van der Waals surface area (Å²) in [6.45, 7) is 2.48. The van der Waals surface area contributed by atoms with Gasteiger partial charge in [-0.3, -0.25) is 9.69 Å². The molecule has 0 radical (unpaired) electrons. The van der Waals surface area contributed by atoms with Crippen molar-refractivity contribution in [1.82, 2.24) is 14.9 Å². The second kappa shape index (κ2) is 8.04. The number of thioether (sulfide) groups is 2. The topological polar surface area (TPSA) is 72.8 Å². The van der Waals surface area contributed by atoms with E-state index in [2.05, 4.69) is 14.9 Å². The van der Waals surface area contributed by atoms with Gasteiger partial charge in [-0.1, -0.05) is 23.9 Å². The van der Waals surface area contributed by atoms with Crippen molar-refractivity contribution in [2.24, 2.45) is 0 Å². The molecule has 2 aromatic rings. The molecule has 1 aromatic carbocycles. The largest absolute Gasteiger partial charge is 0.300 e. The molecule has 0 spiro atoms. The Kier molecular flexibility index (Phi) is 5.78. The molecular formula is C17H17FN4OS2. The van der Waals surface area contributed by atoms with Crippen LogP contribution in [0.25, 0.3) is 11.3 Å². The number of halogens is 1. The molecule has 0 saturated carbocycles. The number of benzene rings is 1. The molecule has 1 aliphatic rings. The zero-order valence-electron chi connectivity index (χ0n) is 13.7. The van der Waals surface area contributed by atoms with Gasteiger partial charge in [-0.05, 0) is 12.3 Å². The highest BCUT2D eigenvalue weighted by Gasteiger charge is 2.17. The monoisotopic (exact) mass is 376 g/mol. The van der Waals surface area contributed by atoms with Crippen LogP contribution in [0.5, 0.6) is 0 Å². The summed E-state index contributed by atoms with van der Waals surface area (Å²) >= 11 is 3.18. The van der Waals surface area contributed by atoms with E-state index < -0.39 is 5.56 Å². The van der Waals surface area contributed by atoms with Gasteiger partial charge < -0.3 is 4.98 Å². The number of hydrogen-bond donors (Lipinski definition) is 1. The number of rotatable bonds is 4. The van der Waals surface area contributed by atoms with Crippen LogP contribution in [0.15, 0.2) is 28.2 Å². The molecule has 0 aliphatic carbocycles. The van der Waals surface area contributed by atoms with Crippen molar-refractivity contribution in [3.8, 4) is 17.3 Å². The minimum absolute atomic E-state index is 0.0991. The Balaban J connectivity index is 1.94. The van der Waals surface area contributed by atoms with Gasteiger partial charge >= 0.3 is 0 Å². The number of H-pyrrole nitrogens is 1. The van der Waals surface area contributed by atoms with E-state index in [1.165, 1.54) is 17.8 Å². The van der Waals surface area contributed by atoms with Crippen molar-refractivity contribution in [2.75, 3.05) is 30.9 Å². The number of nitrogens with one attached hydrogen (secondary N) is 1. The second-order valence-corrected chi connectivity index (χ2v) is 7.63. The number of nitriles is 1. The number of nitrogens with zero attached hydrogens (tertiary/aromatic N) is 3. The van der Waals surface area contributed by atoms with Crippen molar-refractivity contribution < 1.29 is 4.39 Å². The Bertz CT molecular complexity index is 872. The molecule has 1 N–H and O–H groups in total. The number of aromatic amines is 1. The lowest BCUT2D eigenvalue weighted by atomic mass is 10.0. The summed E-state index contributed by atoms with van der Waals surface area (Å²) in [4.78, 5) is 21.1. The fourth-order valence-corrected chi connectivity index (χ4v) is 4.04. The summed E-state index contributed by atoms with van der Waals surface area (Å²) in [6, 6.07) is 6.67. The van der Waals surface area contributed by atoms with E-state index >= 15 is 0 Å². The molecule has 0 unspecified atom stereocenters. The van der Waals surface area contributed by atoms with Crippen molar-refractivity contribution >= 4 is 23.5 Å². The molecule has 130 valence electrons. The van der Waals surface area contributed by atoms with E-state index in [1.807, 2.05) is 17.8 Å². The Morgan fingerprint density at radius 1 is 1.44 bits per heavy atom. The van der Waals surface area contributed by atoms with Gasteiger partial charge in [0.25, 0.3) is 5.56 Å². The third-order valence-electron chi connectivity index (χ3n) is 4.03. The first-order chi connectivity index (χ1) is 12.1. The SMILES string of the molecule is CSc1nc(-c2ccc(CN3CCSCC3)c(F)c2)c(C#N)c(=O)[nH]1. The first-order valence-corrected chi connectivity index (χ1v) is 10.2. The maximum Gasteiger partial charge on any atom is 0.270 e. The molecule has 8 heteroatoms. The highest BCUT2D eigenvalue weighted by atomic mass is 32.2. The predicted molar refractivity (Wildman–Crippen MR) is 99.3 cm³/mol. The van der Waals surface area contributed by atoms with E-state index in [-0.39, 0.29) is 17.1 Å². The fraction of sp³-hybridized carbons (Fsp3) is 0.353. The maximum atomic E-state index is 14.6. The van der Waals surface area contributed by atoms with Crippen LogP contribution in [0.3, 0.4) is 0 Å². The van der Waals surface area contributed by atoms with Gasteiger partial charge in [0.05, 0.1) is 5.69 Å². The molecule has 3 rings (SSSR count). The molecular weight excluding hydrogens is 359 g/mol. The van der Waals surface area contributed by atoms with E-state index in [9.17, 15) is 14.4 Å². The molecule has 0 amide bonds. The van der Waals surface area contributed by atoms with Crippen LogP contribution in [0.2, 0.25) is 0 Å². The van der Waals surface area contributed by atoms with Gasteiger partial charge in [-0.2, -0.15) is 17.0 Å². The average Bonchev–Trinajstić information content (AvgIpc) is 2.63. The molecule has 1 aliphatic heterocycles. The Morgan fingerprint density at radius 2 is 2.20 bits per heavy atom. The first kappa shape index (κ1) is 18.0. The Hall–Kier alpha value is -1.82. The van der Waals surface area contributed by atoms with Crippen LogP contribution in [0.1, 0.15) is 11.1 Å². The standard InChI is InChI=1S/C17H17FN4OS2/c1-24-17-20-15(13(9-19)16(23)21-17)11-2-3-12(14(18)8-11)10-22-4-6-25-7-5-22/h2-3,8H,4-7,10H2,1H3,(H,20,21,23). The van der Waals surface area contributed by atoms with Crippen LogP contribution in [-0.4, -0.2) is 45.7 Å². The Morgan fingerprint density at radius 3 is 2.84 bits per heavy atom. The van der Waals surface area contributed by atoms with E-state index in [0.717, 1.165) is 24.6 Å². The third kappa shape index (κ3) is 4.06. The van der Waals surface area contributed by atoms with Crippen molar-refractivity contribution in [3.05, 3.63) is 45.5 Å². The highest BCUT2D eigenvalue weighted by molar-refractivity contribution is 7.99. The van der Waals surface area contributed by atoms with E-state index in [0.29, 0.717) is 22.8 Å². The van der Waals surface area contributed by atoms with Gasteiger partial charge in [-0.25, -0.2) is 9.37 Å². The Labute approximate surface area is 153 Å². The lowest BCUT2D eigenvalue weighted by Crippen LogP contribution is -2.32. The molecule has 0 bridgehead atoms.